The molecule has 0 aliphatic heterocycles. The molecule has 0 amide bonds. The molecule has 0 unspecified atom stereocenters. The van der Waals surface area contributed by atoms with Crippen molar-refractivity contribution in [2.24, 2.45) is 5.92 Å². The monoisotopic (exact) mass is 275 g/mol. The summed E-state index contributed by atoms with van der Waals surface area (Å²) < 4.78 is 36.7. The second-order valence-corrected chi connectivity index (χ2v) is 5.02. The molecule has 0 atom stereocenters. The van der Waals surface area contributed by atoms with E-state index in [-0.39, 0.29) is 0 Å². The highest BCUT2D eigenvalue weighted by atomic mass is 19.4. The van der Waals surface area contributed by atoms with E-state index in [1.807, 2.05) is 0 Å². The number of anilines is 1. The molecule has 0 saturated heterocycles. The number of rotatable bonds is 6. The van der Waals surface area contributed by atoms with Crippen LogP contribution < -0.4 is 10.2 Å². The summed E-state index contributed by atoms with van der Waals surface area (Å²) in [5, 5.41) is 3.25. The van der Waals surface area contributed by atoms with Crippen LogP contribution in [0.15, 0.2) is 18.3 Å². The fourth-order valence-corrected chi connectivity index (χ4v) is 1.60. The first-order valence-electron chi connectivity index (χ1n) is 6.21. The Morgan fingerprint density at radius 1 is 1.32 bits per heavy atom. The van der Waals surface area contributed by atoms with Crippen LogP contribution in [-0.4, -0.2) is 31.3 Å². The molecule has 108 valence electrons. The Hall–Kier alpha value is -1.30. The van der Waals surface area contributed by atoms with Crippen LogP contribution in [0.3, 0.4) is 0 Å². The van der Waals surface area contributed by atoms with Gasteiger partial charge in [0.2, 0.25) is 0 Å². The highest BCUT2D eigenvalue weighted by molar-refractivity contribution is 5.38. The molecule has 1 heterocycles. The standard InChI is InChI=1S/C13H20F3N3/c1-10(2)6-17-7-11-4-5-12(18-8-11)19(3)9-13(14,15)16/h4-5,8,10,17H,6-7,9H2,1-3H3. The van der Waals surface area contributed by atoms with Gasteiger partial charge in [-0.3, -0.25) is 0 Å². The molecule has 0 saturated carbocycles. The number of nitrogens with one attached hydrogen (secondary N) is 1. The lowest BCUT2D eigenvalue weighted by atomic mass is 10.2. The zero-order valence-corrected chi connectivity index (χ0v) is 11.5. The van der Waals surface area contributed by atoms with Crippen LogP contribution in [0.1, 0.15) is 19.4 Å². The van der Waals surface area contributed by atoms with Gasteiger partial charge < -0.3 is 10.2 Å². The normalized spacial score (nSPS) is 11.9. The first-order valence-corrected chi connectivity index (χ1v) is 6.21. The number of aromatic nitrogens is 1. The summed E-state index contributed by atoms with van der Waals surface area (Å²) in [7, 11) is 1.38. The van der Waals surface area contributed by atoms with Gasteiger partial charge in [0.1, 0.15) is 12.4 Å². The lowest BCUT2D eigenvalue weighted by Crippen LogP contribution is -2.31. The van der Waals surface area contributed by atoms with E-state index in [9.17, 15) is 13.2 Å². The van der Waals surface area contributed by atoms with Crippen molar-refractivity contribution < 1.29 is 13.2 Å². The van der Waals surface area contributed by atoms with Crippen molar-refractivity contribution in [1.82, 2.24) is 10.3 Å². The third kappa shape index (κ3) is 6.42. The third-order valence-electron chi connectivity index (χ3n) is 2.50. The molecule has 1 aromatic rings. The van der Waals surface area contributed by atoms with E-state index in [0.29, 0.717) is 18.3 Å². The molecule has 0 bridgehead atoms. The molecule has 1 aromatic heterocycles. The fraction of sp³-hybridized carbons (Fsp3) is 0.615. The van der Waals surface area contributed by atoms with Crippen molar-refractivity contribution in [3.8, 4) is 0 Å². The molecule has 1 N–H and O–H groups in total. The summed E-state index contributed by atoms with van der Waals surface area (Å²) >= 11 is 0. The Kier molecular flexibility index (Phi) is 5.60. The Morgan fingerprint density at radius 2 is 2.00 bits per heavy atom. The summed E-state index contributed by atoms with van der Waals surface area (Å²) in [4.78, 5) is 5.14. The molecule has 0 fully saturated rings. The maximum absolute atomic E-state index is 12.2. The quantitative estimate of drug-likeness (QED) is 0.865. The van der Waals surface area contributed by atoms with Gasteiger partial charge in [-0.15, -0.1) is 0 Å². The number of hydrogen-bond donors (Lipinski definition) is 1. The van der Waals surface area contributed by atoms with E-state index in [1.54, 1.807) is 18.3 Å². The smallest absolute Gasteiger partial charge is 0.351 e. The van der Waals surface area contributed by atoms with Crippen LogP contribution in [0.25, 0.3) is 0 Å². The van der Waals surface area contributed by atoms with Crippen LogP contribution in [0.4, 0.5) is 19.0 Å². The average Bonchev–Trinajstić information content (AvgIpc) is 2.27. The Labute approximate surface area is 111 Å². The predicted molar refractivity (Wildman–Crippen MR) is 70.1 cm³/mol. The van der Waals surface area contributed by atoms with Gasteiger partial charge >= 0.3 is 6.18 Å². The van der Waals surface area contributed by atoms with Gasteiger partial charge in [0, 0.05) is 19.8 Å². The van der Waals surface area contributed by atoms with Crippen LogP contribution in [-0.2, 0) is 6.54 Å². The maximum Gasteiger partial charge on any atom is 0.405 e. The minimum atomic E-state index is -4.21. The van der Waals surface area contributed by atoms with E-state index < -0.39 is 12.7 Å². The zero-order chi connectivity index (χ0) is 14.5. The first-order chi connectivity index (χ1) is 8.78. The molecule has 0 aromatic carbocycles. The van der Waals surface area contributed by atoms with Crippen molar-refractivity contribution in [2.45, 2.75) is 26.6 Å². The van der Waals surface area contributed by atoms with Gasteiger partial charge in [-0.05, 0) is 24.1 Å². The lowest BCUT2D eigenvalue weighted by Gasteiger charge is -2.19. The highest BCUT2D eigenvalue weighted by Gasteiger charge is 2.29. The first kappa shape index (κ1) is 15.8. The molecular weight excluding hydrogens is 255 g/mol. The molecular formula is C13H20F3N3. The van der Waals surface area contributed by atoms with Crippen molar-refractivity contribution in [3.63, 3.8) is 0 Å². The predicted octanol–water partition coefficient (Wildman–Crippen LogP) is 2.83. The third-order valence-corrected chi connectivity index (χ3v) is 2.50. The van der Waals surface area contributed by atoms with Gasteiger partial charge in [-0.25, -0.2) is 4.98 Å². The summed E-state index contributed by atoms with van der Waals surface area (Å²) in [6.45, 7) is 4.80. The minimum absolute atomic E-state index is 0.324. The topological polar surface area (TPSA) is 28.2 Å². The van der Waals surface area contributed by atoms with Crippen molar-refractivity contribution in [1.29, 1.82) is 0 Å². The van der Waals surface area contributed by atoms with Crippen LogP contribution in [0.5, 0.6) is 0 Å². The summed E-state index contributed by atoms with van der Waals surface area (Å²) in [6.07, 6.45) is -2.61. The Balaban J connectivity index is 2.51. The van der Waals surface area contributed by atoms with E-state index in [0.717, 1.165) is 17.0 Å². The van der Waals surface area contributed by atoms with Crippen LogP contribution >= 0.6 is 0 Å². The molecule has 1 rings (SSSR count). The Bertz CT molecular complexity index is 374. The maximum atomic E-state index is 12.2. The molecule has 19 heavy (non-hydrogen) atoms. The number of alkyl halides is 3. The molecule has 0 spiro atoms. The van der Waals surface area contributed by atoms with Gasteiger partial charge in [-0.1, -0.05) is 19.9 Å². The Morgan fingerprint density at radius 3 is 2.47 bits per heavy atom. The van der Waals surface area contributed by atoms with E-state index in [4.69, 9.17) is 0 Å². The van der Waals surface area contributed by atoms with Gasteiger partial charge in [-0.2, -0.15) is 13.2 Å². The number of nitrogens with zero attached hydrogens (tertiary/aromatic N) is 2. The van der Waals surface area contributed by atoms with E-state index in [2.05, 4.69) is 24.1 Å². The second kappa shape index (κ2) is 6.75. The largest absolute Gasteiger partial charge is 0.405 e. The molecule has 0 radical (unpaired) electrons. The number of halogens is 3. The van der Waals surface area contributed by atoms with Crippen molar-refractivity contribution in [3.05, 3.63) is 23.9 Å². The minimum Gasteiger partial charge on any atom is -0.351 e. The van der Waals surface area contributed by atoms with Gasteiger partial charge in [0.25, 0.3) is 0 Å². The fourth-order valence-electron chi connectivity index (χ4n) is 1.60. The number of hydrogen-bond acceptors (Lipinski definition) is 3. The number of pyridine rings is 1. The zero-order valence-electron chi connectivity index (χ0n) is 11.5. The van der Waals surface area contributed by atoms with E-state index in [1.165, 1.54) is 7.05 Å². The summed E-state index contributed by atoms with van der Waals surface area (Å²) in [6, 6.07) is 3.40. The lowest BCUT2D eigenvalue weighted by molar-refractivity contribution is -0.119. The molecule has 3 nitrogen and oxygen atoms in total. The summed E-state index contributed by atoms with van der Waals surface area (Å²) in [5.41, 5.74) is 0.963. The van der Waals surface area contributed by atoms with Gasteiger partial charge in [0.15, 0.2) is 0 Å². The SMILES string of the molecule is CC(C)CNCc1ccc(N(C)CC(F)(F)F)nc1. The molecule has 0 aliphatic rings. The van der Waals surface area contributed by atoms with Crippen LogP contribution in [0, 0.1) is 5.92 Å². The molecule has 6 heteroatoms. The average molecular weight is 275 g/mol. The highest BCUT2D eigenvalue weighted by Crippen LogP contribution is 2.19. The summed E-state index contributed by atoms with van der Waals surface area (Å²) in [5.74, 6) is 0.884. The van der Waals surface area contributed by atoms with Crippen LogP contribution in [0.2, 0.25) is 0 Å². The van der Waals surface area contributed by atoms with Gasteiger partial charge in [0.05, 0.1) is 0 Å². The van der Waals surface area contributed by atoms with E-state index >= 15 is 0 Å². The second-order valence-electron chi connectivity index (χ2n) is 5.02. The van der Waals surface area contributed by atoms with Crippen molar-refractivity contribution >= 4 is 5.82 Å². The van der Waals surface area contributed by atoms with Crippen molar-refractivity contribution in [2.75, 3.05) is 25.0 Å². The molecule has 0 aliphatic carbocycles.